The van der Waals surface area contributed by atoms with Gasteiger partial charge in [0, 0.05) is 5.56 Å². The largest absolute Gasteiger partial charge is 0.396 e. The van der Waals surface area contributed by atoms with Crippen molar-refractivity contribution in [1.29, 1.82) is 0 Å². The van der Waals surface area contributed by atoms with E-state index in [0.717, 1.165) is 0 Å². The SMILES string of the molecule is Nc1cc(-c2nnnn2C2CCS(=O)(=O)C2)ccc1F. The van der Waals surface area contributed by atoms with Crippen LogP contribution in [0.2, 0.25) is 0 Å². The van der Waals surface area contributed by atoms with Gasteiger partial charge in [-0.25, -0.2) is 17.5 Å². The second-order valence-electron chi connectivity index (χ2n) is 4.74. The summed E-state index contributed by atoms with van der Waals surface area (Å²) in [6.45, 7) is 0. The van der Waals surface area contributed by atoms with E-state index in [4.69, 9.17) is 5.73 Å². The highest BCUT2D eigenvalue weighted by Crippen LogP contribution is 2.28. The van der Waals surface area contributed by atoms with Gasteiger partial charge in [-0.2, -0.15) is 0 Å². The Labute approximate surface area is 114 Å². The molecule has 1 aliphatic rings. The van der Waals surface area contributed by atoms with Crippen LogP contribution < -0.4 is 5.73 Å². The number of nitrogens with zero attached hydrogens (tertiary/aromatic N) is 4. The molecular weight excluding hydrogens is 285 g/mol. The van der Waals surface area contributed by atoms with E-state index in [1.54, 1.807) is 0 Å². The lowest BCUT2D eigenvalue weighted by molar-refractivity contribution is 0.489. The molecule has 7 nitrogen and oxygen atoms in total. The predicted molar refractivity (Wildman–Crippen MR) is 69.9 cm³/mol. The first-order valence-electron chi connectivity index (χ1n) is 6.00. The van der Waals surface area contributed by atoms with Crippen LogP contribution in [0.4, 0.5) is 10.1 Å². The molecule has 9 heteroatoms. The highest BCUT2D eigenvalue weighted by atomic mass is 32.2. The van der Waals surface area contributed by atoms with Crippen molar-refractivity contribution in [3.05, 3.63) is 24.0 Å². The predicted octanol–water partition coefficient (Wildman–Crippen LogP) is 0.421. The molecule has 0 spiro atoms. The third-order valence-corrected chi connectivity index (χ3v) is 5.05. The van der Waals surface area contributed by atoms with Gasteiger partial charge in [-0.15, -0.1) is 5.10 Å². The smallest absolute Gasteiger partial charge is 0.182 e. The van der Waals surface area contributed by atoms with E-state index >= 15 is 0 Å². The van der Waals surface area contributed by atoms with Gasteiger partial charge >= 0.3 is 0 Å². The van der Waals surface area contributed by atoms with Crippen LogP contribution >= 0.6 is 0 Å². The molecule has 1 aromatic heterocycles. The van der Waals surface area contributed by atoms with E-state index in [2.05, 4.69) is 15.5 Å². The lowest BCUT2D eigenvalue weighted by atomic mass is 10.1. The van der Waals surface area contributed by atoms with E-state index < -0.39 is 15.7 Å². The standard InChI is InChI=1S/C11H12FN5O2S/c12-9-2-1-7(5-10(9)13)11-14-15-16-17(11)8-3-4-20(18,19)6-8/h1-2,5,8H,3-4,6,13H2. The molecule has 2 aromatic rings. The third kappa shape index (κ3) is 2.24. The molecule has 3 rings (SSSR count). The quantitative estimate of drug-likeness (QED) is 0.806. The van der Waals surface area contributed by atoms with E-state index in [9.17, 15) is 12.8 Å². The van der Waals surface area contributed by atoms with Crippen molar-refractivity contribution >= 4 is 15.5 Å². The Hall–Kier alpha value is -2.03. The maximum atomic E-state index is 13.2. The molecule has 0 saturated carbocycles. The van der Waals surface area contributed by atoms with Gasteiger partial charge in [0.15, 0.2) is 15.7 Å². The van der Waals surface area contributed by atoms with Crippen molar-refractivity contribution in [3.8, 4) is 11.4 Å². The topological polar surface area (TPSA) is 104 Å². The number of nitrogen functional groups attached to an aromatic ring is 1. The number of hydrogen-bond donors (Lipinski definition) is 1. The summed E-state index contributed by atoms with van der Waals surface area (Å²) in [5, 5.41) is 11.3. The van der Waals surface area contributed by atoms with Crippen LogP contribution in [0, 0.1) is 5.82 Å². The van der Waals surface area contributed by atoms with Crippen molar-refractivity contribution in [2.45, 2.75) is 12.5 Å². The van der Waals surface area contributed by atoms with E-state index in [-0.39, 0.29) is 23.2 Å². The normalized spacial score (nSPS) is 21.1. The molecule has 106 valence electrons. The van der Waals surface area contributed by atoms with Crippen LogP contribution in [0.3, 0.4) is 0 Å². The van der Waals surface area contributed by atoms with Gasteiger partial charge in [-0.05, 0) is 35.0 Å². The van der Waals surface area contributed by atoms with Crippen molar-refractivity contribution in [3.63, 3.8) is 0 Å². The maximum Gasteiger partial charge on any atom is 0.182 e. The average molecular weight is 297 g/mol. The van der Waals surface area contributed by atoms with Crippen LogP contribution in [0.5, 0.6) is 0 Å². The average Bonchev–Trinajstić information content (AvgIpc) is 2.98. The number of halogens is 1. The Kier molecular flexibility index (Phi) is 2.93. The Morgan fingerprint density at radius 3 is 2.85 bits per heavy atom. The molecule has 2 heterocycles. The van der Waals surface area contributed by atoms with Gasteiger partial charge < -0.3 is 5.73 Å². The Balaban J connectivity index is 2.00. The van der Waals surface area contributed by atoms with Crippen LogP contribution in [-0.2, 0) is 9.84 Å². The van der Waals surface area contributed by atoms with Gasteiger partial charge in [0.1, 0.15) is 5.82 Å². The molecule has 1 aliphatic heterocycles. The number of sulfone groups is 1. The van der Waals surface area contributed by atoms with Gasteiger partial charge in [0.25, 0.3) is 0 Å². The summed E-state index contributed by atoms with van der Waals surface area (Å²) < 4.78 is 37.7. The summed E-state index contributed by atoms with van der Waals surface area (Å²) >= 11 is 0. The zero-order chi connectivity index (χ0) is 14.3. The number of aromatic nitrogens is 4. The Bertz CT molecular complexity index is 758. The summed E-state index contributed by atoms with van der Waals surface area (Å²) in [5.41, 5.74) is 6.07. The van der Waals surface area contributed by atoms with Crippen molar-refractivity contribution in [2.24, 2.45) is 0 Å². The maximum absolute atomic E-state index is 13.2. The minimum atomic E-state index is -3.04. The number of anilines is 1. The van der Waals surface area contributed by atoms with Crippen molar-refractivity contribution in [1.82, 2.24) is 20.2 Å². The van der Waals surface area contributed by atoms with Crippen LogP contribution in [-0.4, -0.2) is 40.1 Å². The highest BCUT2D eigenvalue weighted by molar-refractivity contribution is 7.91. The van der Waals surface area contributed by atoms with E-state index in [1.165, 1.54) is 22.9 Å². The summed E-state index contributed by atoms with van der Waals surface area (Å²) in [6, 6.07) is 3.88. The van der Waals surface area contributed by atoms with Crippen LogP contribution in [0.25, 0.3) is 11.4 Å². The molecule has 0 radical (unpaired) electrons. The summed E-state index contributed by atoms with van der Waals surface area (Å²) in [4.78, 5) is 0. The van der Waals surface area contributed by atoms with E-state index in [0.29, 0.717) is 17.8 Å². The minimum absolute atomic E-state index is 0.00362. The number of nitrogens with two attached hydrogens (primary N) is 1. The number of tetrazole rings is 1. The van der Waals surface area contributed by atoms with Gasteiger partial charge in [0.05, 0.1) is 23.2 Å². The minimum Gasteiger partial charge on any atom is -0.396 e. The Morgan fingerprint density at radius 2 is 2.20 bits per heavy atom. The summed E-state index contributed by atoms with van der Waals surface area (Å²) in [5.74, 6) is 0.0135. The zero-order valence-corrected chi connectivity index (χ0v) is 11.2. The number of rotatable bonds is 2. The fraction of sp³-hybridized carbons (Fsp3) is 0.364. The zero-order valence-electron chi connectivity index (χ0n) is 10.4. The summed E-state index contributed by atoms with van der Waals surface area (Å²) in [7, 11) is -3.04. The monoisotopic (exact) mass is 297 g/mol. The molecule has 1 saturated heterocycles. The second-order valence-corrected chi connectivity index (χ2v) is 6.97. The van der Waals surface area contributed by atoms with Gasteiger partial charge in [0.2, 0.25) is 0 Å². The highest BCUT2D eigenvalue weighted by Gasteiger charge is 2.31. The third-order valence-electron chi connectivity index (χ3n) is 3.30. The molecular formula is C11H12FN5O2S. The van der Waals surface area contributed by atoms with Crippen molar-refractivity contribution in [2.75, 3.05) is 17.2 Å². The van der Waals surface area contributed by atoms with Crippen LogP contribution in [0.1, 0.15) is 12.5 Å². The lowest BCUT2D eigenvalue weighted by Crippen LogP contribution is -2.14. The first-order valence-corrected chi connectivity index (χ1v) is 7.82. The molecule has 2 N–H and O–H groups in total. The molecule has 1 unspecified atom stereocenters. The molecule has 0 bridgehead atoms. The van der Waals surface area contributed by atoms with Gasteiger partial charge in [-0.3, -0.25) is 0 Å². The molecule has 1 atom stereocenters. The van der Waals surface area contributed by atoms with Crippen molar-refractivity contribution < 1.29 is 12.8 Å². The Morgan fingerprint density at radius 1 is 1.40 bits per heavy atom. The fourth-order valence-electron chi connectivity index (χ4n) is 2.28. The second kappa shape index (κ2) is 4.51. The molecule has 1 fully saturated rings. The van der Waals surface area contributed by atoms with Gasteiger partial charge in [-0.1, -0.05) is 0 Å². The first-order chi connectivity index (χ1) is 9.46. The number of hydrogen-bond acceptors (Lipinski definition) is 6. The first kappa shape index (κ1) is 13.0. The molecule has 20 heavy (non-hydrogen) atoms. The molecule has 1 aromatic carbocycles. The lowest BCUT2D eigenvalue weighted by Gasteiger charge is -2.10. The fourth-order valence-corrected chi connectivity index (χ4v) is 3.97. The van der Waals surface area contributed by atoms with E-state index in [1.807, 2.05) is 0 Å². The molecule has 0 amide bonds. The van der Waals surface area contributed by atoms with Crippen LogP contribution in [0.15, 0.2) is 18.2 Å². The number of benzene rings is 1. The molecule has 0 aliphatic carbocycles. The summed E-state index contributed by atoms with van der Waals surface area (Å²) in [6.07, 6.45) is 0.469.